The molecule has 0 aliphatic carbocycles. The lowest BCUT2D eigenvalue weighted by atomic mass is 10.0. The number of amides is 1. The second kappa shape index (κ2) is 11.6. The van der Waals surface area contributed by atoms with Crippen LogP contribution in [-0.4, -0.2) is 50.5 Å². The lowest BCUT2D eigenvalue weighted by molar-refractivity contribution is 0.0895. The number of nitrogens with one attached hydrogen (secondary N) is 2. The molecule has 1 amide bonds. The van der Waals surface area contributed by atoms with Gasteiger partial charge in [0.05, 0.1) is 11.0 Å². The Kier molecular flexibility index (Phi) is 8.02. The molecular weight excluding hydrogens is 507 g/mol. The molecule has 0 spiro atoms. The minimum atomic E-state index is -0.212. The van der Waals surface area contributed by atoms with Gasteiger partial charge < -0.3 is 24.8 Å². The van der Waals surface area contributed by atoms with Crippen LogP contribution in [0.5, 0.6) is 11.5 Å². The molecule has 0 bridgehead atoms. The predicted molar refractivity (Wildman–Crippen MR) is 156 cm³/mol. The van der Waals surface area contributed by atoms with Crippen molar-refractivity contribution in [1.29, 1.82) is 0 Å². The first-order valence-electron chi connectivity index (χ1n) is 13.9. The first-order chi connectivity index (χ1) is 19.2. The highest BCUT2D eigenvalue weighted by atomic mass is 19.1. The van der Waals surface area contributed by atoms with E-state index in [2.05, 4.69) is 34.4 Å². The molecule has 210 valence electrons. The molecule has 2 aromatic heterocycles. The third-order valence-corrected chi connectivity index (χ3v) is 7.52. The second-order valence-corrected chi connectivity index (χ2v) is 11.0. The zero-order chi connectivity index (χ0) is 28.4. The highest BCUT2D eigenvalue weighted by molar-refractivity contribution is 5.92. The minimum Gasteiger partial charge on any atom is -0.457 e. The topological polar surface area (TPSA) is 84.3 Å². The first-order valence-corrected chi connectivity index (χ1v) is 13.9. The number of piperidine rings is 1. The lowest BCUT2D eigenvalue weighted by Gasteiger charge is -2.34. The van der Waals surface area contributed by atoms with Crippen molar-refractivity contribution in [2.24, 2.45) is 7.05 Å². The highest BCUT2D eigenvalue weighted by Gasteiger charge is 2.23. The van der Waals surface area contributed by atoms with Crippen molar-refractivity contribution in [3.05, 3.63) is 71.8 Å². The van der Waals surface area contributed by atoms with Gasteiger partial charge in [-0.2, -0.15) is 0 Å². The molecule has 1 aliphatic heterocycles. The van der Waals surface area contributed by atoms with Crippen LogP contribution in [0.3, 0.4) is 0 Å². The van der Waals surface area contributed by atoms with Gasteiger partial charge >= 0.3 is 0 Å². The van der Waals surface area contributed by atoms with Crippen LogP contribution in [0, 0.1) is 5.82 Å². The Balaban J connectivity index is 1.27. The van der Waals surface area contributed by atoms with E-state index >= 15 is 0 Å². The number of carbonyl (C=O) groups excluding carboxylic acids is 1. The van der Waals surface area contributed by atoms with Gasteiger partial charge in [-0.1, -0.05) is 13.8 Å². The average Bonchev–Trinajstić information content (AvgIpc) is 3.24. The lowest BCUT2D eigenvalue weighted by Crippen LogP contribution is -2.46. The summed E-state index contributed by atoms with van der Waals surface area (Å²) < 4.78 is 22.2. The maximum Gasteiger partial charge on any atom is 0.270 e. The number of nitrogens with zero attached hydrogens (tertiary/aromatic N) is 4. The standard InChI is InChI=1S/C31H37FN6O2/c1-19(2)25-16-22(6-8-26(25)32)35-31-36-27-17-23(7-9-29(27)37(31)5)40-24-10-13-33-28(18-24)30(39)34-21-11-14-38(15-12-21)20(3)4/h6-10,13,16-21H,11-12,14-15H2,1-5H3,(H,34,39)(H,35,36). The monoisotopic (exact) mass is 544 g/mol. The van der Waals surface area contributed by atoms with E-state index in [1.165, 1.54) is 6.07 Å². The average molecular weight is 545 g/mol. The van der Waals surface area contributed by atoms with E-state index in [4.69, 9.17) is 9.72 Å². The molecule has 0 radical (unpaired) electrons. The quantitative estimate of drug-likeness (QED) is 0.268. The molecule has 1 aliphatic rings. The number of likely N-dealkylation sites (tertiary alicyclic amines) is 1. The number of aryl methyl sites for hydroxylation is 1. The molecule has 8 nitrogen and oxygen atoms in total. The van der Waals surface area contributed by atoms with Gasteiger partial charge in [0.2, 0.25) is 5.95 Å². The normalized spacial score (nSPS) is 14.7. The van der Waals surface area contributed by atoms with Crippen LogP contribution in [0.4, 0.5) is 16.0 Å². The van der Waals surface area contributed by atoms with E-state index in [0.29, 0.717) is 34.7 Å². The minimum absolute atomic E-state index is 0.0737. The molecule has 0 unspecified atom stereocenters. The maximum atomic E-state index is 14.2. The van der Waals surface area contributed by atoms with Crippen LogP contribution in [0.2, 0.25) is 0 Å². The Morgan fingerprint density at radius 2 is 1.77 bits per heavy atom. The van der Waals surface area contributed by atoms with Crippen molar-refractivity contribution in [1.82, 2.24) is 24.8 Å². The van der Waals surface area contributed by atoms with Gasteiger partial charge in [0.15, 0.2) is 0 Å². The Hall–Kier alpha value is -3.98. The second-order valence-electron chi connectivity index (χ2n) is 11.0. The van der Waals surface area contributed by atoms with E-state index in [1.807, 2.05) is 49.7 Å². The fraction of sp³-hybridized carbons (Fsp3) is 0.387. The van der Waals surface area contributed by atoms with E-state index < -0.39 is 0 Å². The van der Waals surface area contributed by atoms with Crippen molar-refractivity contribution in [2.45, 2.75) is 58.5 Å². The predicted octanol–water partition coefficient (Wildman–Crippen LogP) is 6.37. The number of halogens is 1. The van der Waals surface area contributed by atoms with Gasteiger partial charge in [0.1, 0.15) is 23.0 Å². The molecule has 1 saturated heterocycles. The molecular formula is C31H37FN6O2. The third-order valence-electron chi connectivity index (χ3n) is 7.52. The first kappa shape index (κ1) is 27.6. The number of ether oxygens (including phenoxy) is 1. The fourth-order valence-electron chi connectivity index (χ4n) is 5.10. The van der Waals surface area contributed by atoms with Crippen LogP contribution >= 0.6 is 0 Å². The van der Waals surface area contributed by atoms with Gasteiger partial charge in [-0.25, -0.2) is 9.37 Å². The highest BCUT2D eigenvalue weighted by Crippen LogP contribution is 2.29. The number of fused-ring (bicyclic) bond motifs is 1. The fourth-order valence-corrected chi connectivity index (χ4v) is 5.10. The van der Waals surface area contributed by atoms with Crippen LogP contribution in [-0.2, 0) is 7.05 Å². The van der Waals surface area contributed by atoms with Crippen LogP contribution in [0.25, 0.3) is 11.0 Å². The van der Waals surface area contributed by atoms with Gasteiger partial charge in [-0.15, -0.1) is 0 Å². The van der Waals surface area contributed by atoms with Crippen LogP contribution in [0.1, 0.15) is 62.5 Å². The van der Waals surface area contributed by atoms with Crippen molar-refractivity contribution in [3.63, 3.8) is 0 Å². The van der Waals surface area contributed by atoms with Gasteiger partial charge in [-0.05, 0) is 74.6 Å². The molecule has 2 aromatic carbocycles. The summed E-state index contributed by atoms with van der Waals surface area (Å²) in [7, 11) is 1.92. The third kappa shape index (κ3) is 6.09. The van der Waals surface area contributed by atoms with Gasteiger partial charge in [0.25, 0.3) is 5.91 Å². The van der Waals surface area contributed by atoms with Gasteiger partial charge in [-0.3, -0.25) is 9.78 Å². The maximum absolute atomic E-state index is 14.2. The number of aromatic nitrogens is 3. The van der Waals surface area contributed by atoms with Gasteiger partial charge in [0, 0.05) is 56.2 Å². The Morgan fingerprint density at radius 3 is 2.50 bits per heavy atom. The number of benzene rings is 2. The summed E-state index contributed by atoms with van der Waals surface area (Å²) in [5.74, 6) is 1.43. The molecule has 0 saturated carbocycles. The number of hydrogen-bond donors (Lipinski definition) is 2. The summed E-state index contributed by atoms with van der Waals surface area (Å²) in [4.78, 5) is 24.3. The number of pyridine rings is 1. The summed E-state index contributed by atoms with van der Waals surface area (Å²) in [6.45, 7) is 10.3. The number of rotatable bonds is 8. The van der Waals surface area contributed by atoms with Crippen LogP contribution in [0.15, 0.2) is 54.7 Å². The van der Waals surface area contributed by atoms with Crippen molar-refractivity contribution in [3.8, 4) is 11.5 Å². The largest absolute Gasteiger partial charge is 0.457 e. The smallest absolute Gasteiger partial charge is 0.270 e. The molecule has 40 heavy (non-hydrogen) atoms. The molecule has 2 N–H and O–H groups in total. The van der Waals surface area contributed by atoms with E-state index in [-0.39, 0.29) is 23.7 Å². The SMILES string of the molecule is CC(C)c1cc(Nc2nc3cc(Oc4ccnc(C(=O)NC5CCN(C(C)C)CC5)c4)ccc3n2C)ccc1F. The number of carbonyl (C=O) groups is 1. The molecule has 4 aromatic rings. The van der Waals surface area contributed by atoms with Crippen molar-refractivity contribution >= 4 is 28.6 Å². The van der Waals surface area contributed by atoms with Crippen molar-refractivity contribution < 1.29 is 13.9 Å². The molecule has 3 heterocycles. The summed E-state index contributed by atoms with van der Waals surface area (Å²) in [6.07, 6.45) is 3.45. The number of imidazole rings is 1. The summed E-state index contributed by atoms with van der Waals surface area (Å²) >= 11 is 0. The summed E-state index contributed by atoms with van der Waals surface area (Å²) in [6, 6.07) is 14.7. The van der Waals surface area contributed by atoms with Crippen LogP contribution < -0.4 is 15.4 Å². The van der Waals surface area contributed by atoms with E-state index in [1.54, 1.807) is 24.4 Å². The Morgan fingerprint density at radius 1 is 1.02 bits per heavy atom. The van der Waals surface area contributed by atoms with E-state index in [9.17, 15) is 9.18 Å². The molecule has 0 atom stereocenters. The molecule has 9 heteroatoms. The number of anilines is 2. The number of hydrogen-bond acceptors (Lipinski definition) is 6. The zero-order valence-corrected chi connectivity index (χ0v) is 23.7. The molecule has 1 fully saturated rings. The summed E-state index contributed by atoms with van der Waals surface area (Å²) in [5.41, 5.74) is 3.41. The summed E-state index contributed by atoms with van der Waals surface area (Å²) in [5, 5.41) is 6.43. The Bertz CT molecular complexity index is 1510. The zero-order valence-electron chi connectivity index (χ0n) is 23.7. The van der Waals surface area contributed by atoms with Crippen molar-refractivity contribution in [2.75, 3.05) is 18.4 Å². The van der Waals surface area contributed by atoms with E-state index in [0.717, 1.165) is 42.7 Å². The molecule has 5 rings (SSSR count). The Labute approximate surface area is 234 Å².